The molecule has 3 aromatic rings. The van der Waals surface area contributed by atoms with Crippen molar-refractivity contribution in [3.05, 3.63) is 63.9 Å². The van der Waals surface area contributed by atoms with Crippen molar-refractivity contribution < 1.29 is 18.8 Å². The van der Waals surface area contributed by atoms with Crippen LogP contribution >= 0.6 is 0 Å². The molecule has 1 aromatic carbocycles. The van der Waals surface area contributed by atoms with Gasteiger partial charge in [0.2, 0.25) is 0 Å². The summed E-state index contributed by atoms with van der Waals surface area (Å²) in [4.78, 5) is 13.0. The molecule has 0 saturated heterocycles. The molecular formula is C17H18NO4+. The number of phenolic OH excluding ortho intramolecular Hbond substituents is 1. The van der Waals surface area contributed by atoms with E-state index >= 15 is 0 Å². The van der Waals surface area contributed by atoms with Crippen molar-refractivity contribution >= 4 is 11.0 Å². The van der Waals surface area contributed by atoms with Crippen molar-refractivity contribution in [2.45, 2.75) is 20.0 Å². The number of phenols is 1. The van der Waals surface area contributed by atoms with Crippen molar-refractivity contribution in [3.63, 3.8) is 0 Å². The number of rotatable bonds is 4. The first kappa shape index (κ1) is 14.4. The predicted molar refractivity (Wildman–Crippen MR) is 81.9 cm³/mol. The van der Waals surface area contributed by atoms with E-state index in [2.05, 4.69) is 0 Å². The first-order valence-electron chi connectivity index (χ1n) is 7.13. The topological polar surface area (TPSA) is 68.0 Å². The number of furan rings is 1. The number of hydrogen-bond acceptors (Lipinski definition) is 4. The minimum atomic E-state index is -0.401. The lowest BCUT2D eigenvalue weighted by molar-refractivity contribution is -0.908. The quantitative estimate of drug-likeness (QED) is 0.718. The summed E-state index contributed by atoms with van der Waals surface area (Å²) in [5.74, 6) is 1.03. The van der Waals surface area contributed by atoms with Crippen LogP contribution in [0.5, 0.6) is 5.75 Å². The fourth-order valence-corrected chi connectivity index (χ4v) is 2.66. The van der Waals surface area contributed by atoms with E-state index in [1.54, 1.807) is 25.3 Å². The summed E-state index contributed by atoms with van der Waals surface area (Å²) < 4.78 is 10.6. The van der Waals surface area contributed by atoms with Gasteiger partial charge in [0.25, 0.3) is 0 Å². The maximum atomic E-state index is 11.8. The SMILES string of the molecule is Cc1c(O)ccc2c(C[NH+](C)Cc3ccco3)cc(=O)oc12. The van der Waals surface area contributed by atoms with Crippen LogP contribution in [0.3, 0.4) is 0 Å². The van der Waals surface area contributed by atoms with Gasteiger partial charge in [-0.3, -0.25) is 0 Å². The molecular weight excluding hydrogens is 282 g/mol. The molecule has 114 valence electrons. The van der Waals surface area contributed by atoms with E-state index in [1.807, 2.05) is 19.2 Å². The fraction of sp³-hybridized carbons (Fsp3) is 0.235. The van der Waals surface area contributed by atoms with Crippen molar-refractivity contribution in [3.8, 4) is 5.75 Å². The van der Waals surface area contributed by atoms with Gasteiger partial charge in [-0.25, -0.2) is 4.79 Å². The van der Waals surface area contributed by atoms with Gasteiger partial charge in [-0.15, -0.1) is 0 Å². The Morgan fingerprint density at radius 1 is 1.23 bits per heavy atom. The fourth-order valence-electron chi connectivity index (χ4n) is 2.66. The van der Waals surface area contributed by atoms with Crippen LogP contribution in [0.15, 0.2) is 50.2 Å². The molecule has 0 bridgehead atoms. The van der Waals surface area contributed by atoms with Crippen LogP contribution in [-0.4, -0.2) is 12.2 Å². The second-order valence-electron chi connectivity index (χ2n) is 5.57. The van der Waals surface area contributed by atoms with E-state index in [0.717, 1.165) is 23.3 Å². The Bertz CT molecular complexity index is 849. The molecule has 0 fully saturated rings. The third kappa shape index (κ3) is 2.76. The number of aryl methyl sites for hydroxylation is 1. The highest BCUT2D eigenvalue weighted by Gasteiger charge is 2.14. The maximum Gasteiger partial charge on any atom is 0.336 e. The van der Waals surface area contributed by atoms with Crippen LogP contribution in [0, 0.1) is 6.92 Å². The van der Waals surface area contributed by atoms with Gasteiger partial charge in [0.05, 0.1) is 13.3 Å². The number of aromatic hydroxyl groups is 1. The third-order valence-corrected chi connectivity index (χ3v) is 3.77. The van der Waals surface area contributed by atoms with Crippen molar-refractivity contribution in [1.82, 2.24) is 0 Å². The molecule has 2 heterocycles. The molecule has 0 radical (unpaired) electrons. The number of quaternary nitrogens is 1. The van der Waals surface area contributed by atoms with E-state index in [-0.39, 0.29) is 5.75 Å². The molecule has 1 atom stereocenters. The number of benzene rings is 1. The summed E-state index contributed by atoms with van der Waals surface area (Å²) in [6.45, 7) is 3.13. The molecule has 2 aromatic heterocycles. The third-order valence-electron chi connectivity index (χ3n) is 3.77. The van der Waals surface area contributed by atoms with E-state index < -0.39 is 5.63 Å². The van der Waals surface area contributed by atoms with Gasteiger partial charge < -0.3 is 18.8 Å². The van der Waals surface area contributed by atoms with Crippen molar-refractivity contribution in [2.75, 3.05) is 7.05 Å². The lowest BCUT2D eigenvalue weighted by atomic mass is 10.1. The molecule has 5 nitrogen and oxygen atoms in total. The maximum absolute atomic E-state index is 11.8. The molecule has 0 aliphatic carbocycles. The van der Waals surface area contributed by atoms with Crippen LogP contribution in [0.1, 0.15) is 16.9 Å². The van der Waals surface area contributed by atoms with Gasteiger partial charge in [0.1, 0.15) is 24.4 Å². The Hall–Kier alpha value is -2.53. The highest BCUT2D eigenvalue weighted by atomic mass is 16.4. The van der Waals surface area contributed by atoms with Crippen LogP contribution in [0.2, 0.25) is 0 Å². The number of hydrogen-bond donors (Lipinski definition) is 2. The minimum Gasteiger partial charge on any atom is -0.508 e. The Morgan fingerprint density at radius 2 is 2.05 bits per heavy atom. The monoisotopic (exact) mass is 300 g/mol. The summed E-state index contributed by atoms with van der Waals surface area (Å²) >= 11 is 0. The Labute approximate surface area is 127 Å². The predicted octanol–water partition coefficient (Wildman–Crippen LogP) is 1.61. The van der Waals surface area contributed by atoms with Gasteiger partial charge in [0, 0.05) is 22.6 Å². The molecule has 3 rings (SSSR count). The van der Waals surface area contributed by atoms with Crippen molar-refractivity contribution in [2.24, 2.45) is 0 Å². The molecule has 0 saturated carbocycles. The zero-order chi connectivity index (χ0) is 15.7. The second-order valence-corrected chi connectivity index (χ2v) is 5.57. The van der Waals surface area contributed by atoms with Gasteiger partial charge in [-0.05, 0) is 31.2 Å². The number of nitrogens with one attached hydrogen (secondary N) is 1. The average Bonchev–Trinajstić information content (AvgIpc) is 2.96. The molecule has 0 amide bonds. The summed E-state index contributed by atoms with van der Waals surface area (Å²) in [6, 6.07) is 8.73. The molecule has 22 heavy (non-hydrogen) atoms. The Balaban J connectivity index is 1.96. The lowest BCUT2D eigenvalue weighted by Crippen LogP contribution is -3.06. The normalized spacial score (nSPS) is 12.6. The molecule has 1 unspecified atom stereocenters. The molecule has 2 N–H and O–H groups in total. The lowest BCUT2D eigenvalue weighted by Gasteiger charge is -2.14. The Morgan fingerprint density at radius 3 is 2.77 bits per heavy atom. The largest absolute Gasteiger partial charge is 0.508 e. The summed E-state index contributed by atoms with van der Waals surface area (Å²) in [6.07, 6.45) is 1.65. The summed E-state index contributed by atoms with van der Waals surface area (Å²) in [5, 5.41) is 10.6. The highest BCUT2D eigenvalue weighted by Crippen LogP contribution is 2.27. The van der Waals surface area contributed by atoms with Crippen LogP contribution in [0.4, 0.5) is 0 Å². The van der Waals surface area contributed by atoms with Crippen molar-refractivity contribution in [1.29, 1.82) is 0 Å². The summed E-state index contributed by atoms with van der Waals surface area (Å²) in [5.41, 5.74) is 1.54. The molecule has 0 aliphatic heterocycles. The molecule has 5 heteroatoms. The van der Waals surface area contributed by atoms with E-state index in [9.17, 15) is 9.90 Å². The smallest absolute Gasteiger partial charge is 0.336 e. The molecule has 0 aliphatic rings. The van der Waals surface area contributed by atoms with Crippen LogP contribution in [-0.2, 0) is 13.1 Å². The van der Waals surface area contributed by atoms with Crippen LogP contribution < -0.4 is 10.5 Å². The van der Waals surface area contributed by atoms with Gasteiger partial charge in [0.15, 0.2) is 5.76 Å². The highest BCUT2D eigenvalue weighted by molar-refractivity contribution is 5.84. The standard InChI is InChI=1S/C17H17NO4/c1-11-15(19)6-5-14-12(8-16(20)22-17(11)14)9-18(2)10-13-4-3-7-21-13/h3-8,19H,9-10H2,1-2H3/p+1. The minimum absolute atomic E-state index is 0.129. The number of fused-ring (bicyclic) bond motifs is 1. The van der Waals surface area contributed by atoms with Gasteiger partial charge in [-0.1, -0.05) is 0 Å². The van der Waals surface area contributed by atoms with E-state index in [1.165, 1.54) is 11.0 Å². The van der Waals surface area contributed by atoms with Crippen LogP contribution in [0.25, 0.3) is 11.0 Å². The van der Waals surface area contributed by atoms with E-state index in [0.29, 0.717) is 17.7 Å². The summed E-state index contributed by atoms with van der Waals surface area (Å²) in [7, 11) is 2.04. The first-order chi connectivity index (χ1) is 10.5. The van der Waals surface area contributed by atoms with Gasteiger partial charge >= 0.3 is 5.63 Å². The Kier molecular flexibility index (Phi) is 3.73. The molecule has 0 spiro atoms. The first-order valence-corrected chi connectivity index (χ1v) is 7.13. The average molecular weight is 300 g/mol. The second kappa shape index (κ2) is 5.69. The zero-order valence-electron chi connectivity index (χ0n) is 12.6. The van der Waals surface area contributed by atoms with E-state index in [4.69, 9.17) is 8.83 Å². The van der Waals surface area contributed by atoms with Gasteiger partial charge in [-0.2, -0.15) is 0 Å². The zero-order valence-corrected chi connectivity index (χ0v) is 12.6.